The van der Waals surface area contributed by atoms with E-state index in [-0.39, 0.29) is 19.1 Å². The van der Waals surface area contributed by atoms with Gasteiger partial charge in [0.05, 0.1) is 36.7 Å². The number of amides is 1. The summed E-state index contributed by atoms with van der Waals surface area (Å²) in [5.74, 6) is 1.90. The zero-order valence-corrected chi connectivity index (χ0v) is 20.0. The third kappa shape index (κ3) is 7.28. The van der Waals surface area contributed by atoms with Crippen LogP contribution in [-0.2, 0) is 0 Å². The van der Waals surface area contributed by atoms with Crippen molar-refractivity contribution in [3.63, 3.8) is 0 Å². The molecule has 33 heavy (non-hydrogen) atoms. The summed E-state index contributed by atoms with van der Waals surface area (Å²) in [4.78, 5) is 23.2. The molecule has 1 aromatic heterocycles. The Morgan fingerprint density at radius 2 is 1.88 bits per heavy atom. The number of hydrogen-bond donors (Lipinski definition) is 3. The van der Waals surface area contributed by atoms with Gasteiger partial charge in [-0.1, -0.05) is 11.6 Å². The van der Waals surface area contributed by atoms with Crippen LogP contribution in [0.25, 0.3) is 0 Å². The first kappa shape index (κ1) is 25.2. The van der Waals surface area contributed by atoms with Crippen LogP contribution in [0, 0.1) is 19.8 Å². The van der Waals surface area contributed by atoms with Gasteiger partial charge in [-0.3, -0.25) is 4.79 Å². The average Bonchev–Trinajstić information content (AvgIpc) is 2.81. The second-order valence-electron chi connectivity index (χ2n) is 8.60. The topological polar surface area (TPSA) is 108 Å². The number of rotatable bonds is 10. The summed E-state index contributed by atoms with van der Waals surface area (Å²) < 4.78 is 5.96. The summed E-state index contributed by atoms with van der Waals surface area (Å²) in [5, 5.41) is 21.5. The molecule has 0 bridgehead atoms. The zero-order valence-electron chi connectivity index (χ0n) is 19.3. The number of anilines is 1. The largest absolute Gasteiger partial charge is 0.494 e. The molecule has 180 valence electrons. The number of ether oxygens (including phenoxy) is 1. The summed E-state index contributed by atoms with van der Waals surface area (Å²) in [6.45, 7) is 5.90. The molecule has 1 atom stereocenters. The molecule has 0 aliphatic carbocycles. The molecule has 2 heterocycles. The van der Waals surface area contributed by atoms with Gasteiger partial charge in [0.1, 0.15) is 5.75 Å². The second kappa shape index (κ2) is 12.2. The molecule has 1 aliphatic heterocycles. The van der Waals surface area contributed by atoms with Gasteiger partial charge in [-0.2, -0.15) is 0 Å². The van der Waals surface area contributed by atoms with Gasteiger partial charge in [0.15, 0.2) is 0 Å². The summed E-state index contributed by atoms with van der Waals surface area (Å²) in [6, 6.07) is 3.74. The molecule has 1 amide bonds. The van der Waals surface area contributed by atoms with Gasteiger partial charge in [-0.05, 0) is 68.7 Å². The van der Waals surface area contributed by atoms with Gasteiger partial charge in [0, 0.05) is 25.2 Å². The van der Waals surface area contributed by atoms with Crippen molar-refractivity contribution in [2.45, 2.75) is 45.6 Å². The van der Waals surface area contributed by atoms with Crippen LogP contribution in [0.5, 0.6) is 5.75 Å². The zero-order chi connectivity index (χ0) is 23.8. The Hall–Kier alpha value is -2.42. The standard InChI is InChI=1S/C24H33ClN4O4/c1-16-10-21(11-17(2)22(16)23(32)26-14-20(31)15-30)33-9-3-4-18-5-7-29(8-6-18)24-27-12-19(25)13-28-24/h10-13,18,20,30-31H,3-9,14-15H2,1-2H3,(H,26,32). The molecular weight excluding hydrogens is 444 g/mol. The number of halogens is 1. The Kier molecular flexibility index (Phi) is 9.29. The summed E-state index contributed by atoms with van der Waals surface area (Å²) in [5.41, 5.74) is 2.21. The van der Waals surface area contributed by atoms with E-state index in [4.69, 9.17) is 21.4 Å². The van der Waals surface area contributed by atoms with E-state index < -0.39 is 6.10 Å². The minimum atomic E-state index is -0.963. The lowest BCUT2D eigenvalue weighted by Crippen LogP contribution is -2.34. The molecule has 2 aromatic rings. The van der Waals surface area contributed by atoms with Crippen LogP contribution in [0.1, 0.15) is 47.2 Å². The van der Waals surface area contributed by atoms with Crippen LogP contribution in [0.15, 0.2) is 24.5 Å². The quantitative estimate of drug-likeness (QED) is 0.452. The maximum Gasteiger partial charge on any atom is 0.251 e. The minimum Gasteiger partial charge on any atom is -0.494 e. The number of piperidine rings is 1. The van der Waals surface area contributed by atoms with E-state index in [1.807, 2.05) is 26.0 Å². The number of nitrogens with one attached hydrogen (secondary N) is 1. The smallest absolute Gasteiger partial charge is 0.251 e. The third-order valence-electron chi connectivity index (χ3n) is 5.97. The highest BCUT2D eigenvalue weighted by atomic mass is 35.5. The predicted octanol–water partition coefficient (Wildman–Crippen LogP) is 2.91. The number of aryl methyl sites for hydroxylation is 2. The van der Waals surface area contributed by atoms with Gasteiger partial charge < -0.3 is 25.2 Å². The predicted molar refractivity (Wildman–Crippen MR) is 128 cm³/mol. The van der Waals surface area contributed by atoms with E-state index in [9.17, 15) is 9.90 Å². The number of nitrogens with zero attached hydrogens (tertiary/aromatic N) is 3. The number of aromatic nitrogens is 2. The number of benzene rings is 1. The highest BCUT2D eigenvalue weighted by Gasteiger charge is 2.21. The Bertz CT molecular complexity index is 894. The minimum absolute atomic E-state index is 0.0120. The maximum absolute atomic E-state index is 12.4. The van der Waals surface area contributed by atoms with Gasteiger partial charge >= 0.3 is 0 Å². The Morgan fingerprint density at radius 3 is 2.48 bits per heavy atom. The van der Waals surface area contributed by atoms with Gasteiger partial charge in [0.2, 0.25) is 5.95 Å². The lowest BCUT2D eigenvalue weighted by Gasteiger charge is -2.32. The van der Waals surface area contributed by atoms with Crippen molar-refractivity contribution >= 4 is 23.5 Å². The highest BCUT2D eigenvalue weighted by molar-refractivity contribution is 6.30. The lowest BCUT2D eigenvalue weighted by atomic mass is 9.92. The van der Waals surface area contributed by atoms with E-state index in [0.29, 0.717) is 23.1 Å². The van der Waals surface area contributed by atoms with E-state index >= 15 is 0 Å². The fraction of sp³-hybridized carbons (Fsp3) is 0.542. The van der Waals surface area contributed by atoms with Crippen molar-refractivity contribution in [1.29, 1.82) is 0 Å². The number of hydrogen-bond acceptors (Lipinski definition) is 7. The van der Waals surface area contributed by atoms with E-state index in [1.54, 1.807) is 12.4 Å². The van der Waals surface area contributed by atoms with E-state index in [2.05, 4.69) is 20.2 Å². The van der Waals surface area contributed by atoms with Crippen molar-refractivity contribution in [2.75, 3.05) is 37.7 Å². The first-order valence-corrected chi connectivity index (χ1v) is 11.8. The van der Waals surface area contributed by atoms with Gasteiger partial charge in [0.25, 0.3) is 5.91 Å². The third-order valence-corrected chi connectivity index (χ3v) is 6.17. The molecule has 1 fully saturated rings. The molecule has 1 unspecified atom stereocenters. The Morgan fingerprint density at radius 1 is 1.24 bits per heavy atom. The molecule has 3 rings (SSSR count). The molecule has 9 heteroatoms. The van der Waals surface area contributed by atoms with Crippen LogP contribution >= 0.6 is 11.6 Å². The van der Waals surface area contributed by atoms with E-state index in [1.165, 1.54) is 0 Å². The molecule has 0 spiro atoms. The molecule has 1 aromatic carbocycles. The fourth-order valence-corrected chi connectivity index (χ4v) is 4.28. The van der Waals surface area contributed by atoms with Crippen molar-refractivity contribution in [1.82, 2.24) is 15.3 Å². The van der Waals surface area contributed by atoms with Crippen LogP contribution in [0.4, 0.5) is 5.95 Å². The SMILES string of the molecule is Cc1cc(OCCCC2CCN(c3ncc(Cl)cn3)CC2)cc(C)c1C(=O)NCC(O)CO. The maximum atomic E-state index is 12.4. The highest BCUT2D eigenvalue weighted by Crippen LogP contribution is 2.26. The van der Waals surface area contributed by atoms with Gasteiger partial charge in [-0.15, -0.1) is 0 Å². The number of carbonyl (C=O) groups excluding carboxylic acids is 1. The van der Waals surface area contributed by atoms with Crippen molar-refractivity contribution < 1.29 is 19.7 Å². The molecular formula is C24H33ClN4O4. The second-order valence-corrected chi connectivity index (χ2v) is 9.04. The van der Waals surface area contributed by atoms with Crippen molar-refractivity contribution in [3.8, 4) is 5.75 Å². The normalized spacial score (nSPS) is 15.4. The van der Waals surface area contributed by atoms with Crippen LogP contribution in [0.2, 0.25) is 5.02 Å². The summed E-state index contributed by atoms with van der Waals surface area (Å²) in [6.07, 6.45) is 6.62. The van der Waals surface area contributed by atoms with Crippen molar-refractivity contribution in [3.05, 3.63) is 46.2 Å². The fourth-order valence-electron chi connectivity index (χ4n) is 4.18. The molecule has 1 saturated heterocycles. The first-order valence-electron chi connectivity index (χ1n) is 11.4. The monoisotopic (exact) mass is 476 g/mol. The lowest BCUT2D eigenvalue weighted by molar-refractivity contribution is 0.0801. The van der Waals surface area contributed by atoms with Crippen LogP contribution < -0.4 is 15.0 Å². The molecule has 0 saturated carbocycles. The molecule has 8 nitrogen and oxygen atoms in total. The van der Waals surface area contributed by atoms with E-state index in [0.717, 1.165) is 61.6 Å². The number of carbonyl (C=O) groups is 1. The summed E-state index contributed by atoms with van der Waals surface area (Å²) >= 11 is 5.87. The van der Waals surface area contributed by atoms with Crippen LogP contribution in [-0.4, -0.2) is 65.0 Å². The Labute approximate surface area is 200 Å². The Balaban J connectivity index is 1.41. The first-order chi connectivity index (χ1) is 15.9. The van der Waals surface area contributed by atoms with Crippen molar-refractivity contribution in [2.24, 2.45) is 5.92 Å². The number of aliphatic hydroxyl groups excluding tert-OH is 2. The molecule has 1 aliphatic rings. The summed E-state index contributed by atoms with van der Waals surface area (Å²) in [7, 11) is 0. The molecule has 3 N–H and O–H groups in total. The van der Waals surface area contributed by atoms with Gasteiger partial charge in [-0.25, -0.2) is 9.97 Å². The average molecular weight is 477 g/mol. The van der Waals surface area contributed by atoms with Crippen LogP contribution in [0.3, 0.4) is 0 Å². The molecule has 0 radical (unpaired) electrons. The number of aliphatic hydroxyl groups is 2.